The second kappa shape index (κ2) is 9.19. The molecule has 0 N–H and O–H groups in total. The Labute approximate surface area is 234 Å². The summed E-state index contributed by atoms with van der Waals surface area (Å²) in [6.45, 7) is 0.334. The van der Waals surface area contributed by atoms with Gasteiger partial charge in [-0.05, 0) is 70.2 Å². The Morgan fingerprint density at radius 2 is 1.05 bits per heavy atom. The highest BCUT2D eigenvalue weighted by molar-refractivity contribution is 5.98. The lowest BCUT2D eigenvalue weighted by Gasteiger charge is -2.38. The molecule has 0 radical (unpaired) electrons. The highest BCUT2D eigenvalue weighted by Crippen LogP contribution is 2.49. The molecular weight excluding hydrogens is 494 g/mol. The fourth-order valence-corrected chi connectivity index (χ4v) is 8.07. The molecule has 2 bridgehead atoms. The summed E-state index contributed by atoms with van der Waals surface area (Å²) in [5.74, 6) is 0.106. The predicted octanol–water partition coefficient (Wildman–Crippen LogP) is 7.56. The largest absolute Gasteiger partial charge is 0.448 e. The summed E-state index contributed by atoms with van der Waals surface area (Å²) >= 11 is 0. The van der Waals surface area contributed by atoms with E-state index in [4.69, 9.17) is 4.74 Å². The molecule has 0 aromatic heterocycles. The van der Waals surface area contributed by atoms with E-state index < -0.39 is 0 Å². The van der Waals surface area contributed by atoms with E-state index in [-0.39, 0.29) is 35.9 Å². The molecule has 2 aliphatic carbocycles. The number of hydrogen-bond donors (Lipinski definition) is 0. The lowest BCUT2D eigenvalue weighted by atomic mass is 9.79. The van der Waals surface area contributed by atoms with E-state index in [0.29, 0.717) is 12.4 Å². The number of Topliss-reactive ketones (excluding diaryl/α,β-unsaturated/α-hetero) is 1. The number of fused-ring (bicyclic) bond motifs is 8. The lowest BCUT2D eigenvalue weighted by Crippen LogP contribution is -2.48. The van der Waals surface area contributed by atoms with Gasteiger partial charge in [0.25, 0.3) is 0 Å². The van der Waals surface area contributed by atoms with Gasteiger partial charge in [-0.3, -0.25) is 4.79 Å². The number of amides is 1. The number of ether oxygens (including phenoxy) is 1. The zero-order chi connectivity index (χ0) is 26.8. The number of carbonyl (C=O) groups is 2. The third kappa shape index (κ3) is 3.51. The van der Waals surface area contributed by atoms with Crippen LogP contribution >= 0.6 is 0 Å². The van der Waals surface area contributed by atoms with Crippen LogP contribution in [0.1, 0.15) is 59.8 Å². The molecule has 40 heavy (non-hydrogen) atoms. The van der Waals surface area contributed by atoms with E-state index in [1.165, 1.54) is 33.4 Å². The van der Waals surface area contributed by atoms with Crippen molar-refractivity contribution < 1.29 is 14.3 Å². The van der Waals surface area contributed by atoms with Gasteiger partial charge < -0.3 is 9.64 Å². The first-order valence-corrected chi connectivity index (χ1v) is 14.5. The molecule has 4 aromatic rings. The molecular formula is C36H31NO3. The molecule has 2 unspecified atom stereocenters. The van der Waals surface area contributed by atoms with Gasteiger partial charge in [0, 0.05) is 23.9 Å². The molecule has 198 valence electrons. The van der Waals surface area contributed by atoms with Crippen LogP contribution in [0.25, 0.3) is 22.3 Å². The summed E-state index contributed by atoms with van der Waals surface area (Å²) < 4.78 is 6.05. The molecule has 4 heteroatoms. The van der Waals surface area contributed by atoms with E-state index in [1.54, 1.807) is 0 Å². The molecule has 2 aliphatic heterocycles. The second-order valence-electron chi connectivity index (χ2n) is 11.8. The maximum atomic E-state index is 14.1. The monoisotopic (exact) mass is 525 g/mol. The number of hydrogen-bond acceptors (Lipinski definition) is 3. The average Bonchev–Trinajstić information content (AvgIpc) is 3.60. The van der Waals surface area contributed by atoms with Crippen LogP contribution < -0.4 is 0 Å². The Morgan fingerprint density at radius 3 is 1.55 bits per heavy atom. The fourth-order valence-electron chi connectivity index (χ4n) is 8.07. The van der Waals surface area contributed by atoms with Crippen molar-refractivity contribution in [2.45, 2.75) is 49.6 Å². The van der Waals surface area contributed by atoms with Crippen molar-refractivity contribution >= 4 is 11.9 Å². The quantitative estimate of drug-likeness (QED) is 0.276. The van der Waals surface area contributed by atoms with Gasteiger partial charge in [-0.1, -0.05) is 97.1 Å². The zero-order valence-corrected chi connectivity index (χ0v) is 22.3. The summed E-state index contributed by atoms with van der Waals surface area (Å²) in [7, 11) is 0. The number of carbonyl (C=O) groups excluding carboxylic acids is 2. The maximum Gasteiger partial charge on any atom is 0.410 e. The third-order valence-electron chi connectivity index (χ3n) is 9.80. The van der Waals surface area contributed by atoms with Crippen molar-refractivity contribution in [1.29, 1.82) is 0 Å². The van der Waals surface area contributed by atoms with E-state index in [2.05, 4.69) is 84.9 Å². The van der Waals surface area contributed by atoms with Crippen LogP contribution in [0.4, 0.5) is 4.79 Å². The molecule has 4 aromatic carbocycles. The van der Waals surface area contributed by atoms with Crippen molar-refractivity contribution in [3.63, 3.8) is 0 Å². The maximum absolute atomic E-state index is 14.1. The SMILES string of the molecule is O=C(C1CC2CCC(C1)N2C(=O)OCC1c2ccccc2-c2ccccc21)C1c2ccccc2-c2ccccc21. The Balaban J connectivity index is 0.992. The molecule has 2 heterocycles. The van der Waals surface area contributed by atoms with Gasteiger partial charge in [0.15, 0.2) is 0 Å². The first-order chi connectivity index (χ1) is 19.7. The number of rotatable bonds is 4. The van der Waals surface area contributed by atoms with Gasteiger partial charge in [0.05, 0.1) is 5.92 Å². The second-order valence-corrected chi connectivity index (χ2v) is 11.8. The fraction of sp³-hybridized carbons (Fsp3) is 0.278. The smallest absolute Gasteiger partial charge is 0.410 e. The van der Waals surface area contributed by atoms with Crippen LogP contribution in [0, 0.1) is 5.92 Å². The summed E-state index contributed by atoms with van der Waals surface area (Å²) in [4.78, 5) is 29.6. The Morgan fingerprint density at radius 1 is 0.625 bits per heavy atom. The Kier molecular flexibility index (Phi) is 5.44. The van der Waals surface area contributed by atoms with Gasteiger partial charge >= 0.3 is 6.09 Å². The predicted molar refractivity (Wildman–Crippen MR) is 155 cm³/mol. The Hall–Kier alpha value is -4.18. The number of ketones is 1. The molecule has 4 aliphatic rings. The van der Waals surface area contributed by atoms with Gasteiger partial charge in [-0.2, -0.15) is 0 Å². The molecule has 2 saturated heterocycles. The third-order valence-corrected chi connectivity index (χ3v) is 9.80. The van der Waals surface area contributed by atoms with E-state index in [9.17, 15) is 9.59 Å². The van der Waals surface area contributed by atoms with Crippen molar-refractivity contribution in [1.82, 2.24) is 4.90 Å². The molecule has 4 nitrogen and oxygen atoms in total. The van der Waals surface area contributed by atoms with Gasteiger partial charge in [0.1, 0.15) is 12.4 Å². The number of benzene rings is 4. The molecule has 2 fully saturated rings. The summed E-state index contributed by atoms with van der Waals surface area (Å²) in [5.41, 5.74) is 9.51. The minimum atomic E-state index is -0.225. The van der Waals surface area contributed by atoms with Gasteiger partial charge in [-0.25, -0.2) is 4.79 Å². The minimum absolute atomic E-state index is 0.0423. The van der Waals surface area contributed by atoms with E-state index in [1.807, 2.05) is 17.0 Å². The van der Waals surface area contributed by atoms with Crippen molar-refractivity contribution in [3.8, 4) is 22.3 Å². The van der Waals surface area contributed by atoms with Crippen molar-refractivity contribution in [2.75, 3.05) is 6.61 Å². The molecule has 2 atom stereocenters. The number of piperidine rings is 1. The Bertz CT molecular complexity index is 1550. The zero-order valence-electron chi connectivity index (χ0n) is 22.3. The highest BCUT2D eigenvalue weighted by Gasteiger charge is 2.48. The van der Waals surface area contributed by atoms with Gasteiger partial charge in [0.2, 0.25) is 0 Å². The van der Waals surface area contributed by atoms with Crippen molar-refractivity contribution in [2.24, 2.45) is 5.92 Å². The number of nitrogens with zero attached hydrogens (tertiary/aromatic N) is 1. The van der Waals surface area contributed by atoms with Crippen molar-refractivity contribution in [3.05, 3.63) is 119 Å². The molecule has 0 saturated carbocycles. The first-order valence-electron chi connectivity index (χ1n) is 14.5. The highest BCUT2D eigenvalue weighted by atomic mass is 16.6. The van der Waals surface area contributed by atoms with Crippen LogP contribution in [0.3, 0.4) is 0 Å². The van der Waals surface area contributed by atoms with Crippen LogP contribution in [-0.4, -0.2) is 35.5 Å². The average molecular weight is 526 g/mol. The molecule has 1 amide bonds. The topological polar surface area (TPSA) is 46.6 Å². The molecule has 0 spiro atoms. The summed E-state index contributed by atoms with van der Waals surface area (Å²) in [6.07, 6.45) is 3.10. The first kappa shape index (κ1) is 23.7. The van der Waals surface area contributed by atoms with Crippen LogP contribution in [0.2, 0.25) is 0 Å². The van der Waals surface area contributed by atoms with E-state index in [0.717, 1.165) is 36.8 Å². The normalized spacial score (nSPS) is 22.4. The van der Waals surface area contributed by atoms with Crippen LogP contribution in [0.15, 0.2) is 97.1 Å². The van der Waals surface area contributed by atoms with Crippen LogP contribution in [0.5, 0.6) is 0 Å². The standard InChI is InChI=1S/C36H31NO3/c38-35(34-31-15-7-5-11-27(31)28-12-6-8-16-32(28)34)22-19-23-17-18-24(20-22)37(23)36(39)40-21-33-29-13-3-1-9-25(29)26-10-2-4-14-30(26)33/h1-16,22-24,33-34H,17-21H2. The van der Waals surface area contributed by atoms with E-state index >= 15 is 0 Å². The summed E-state index contributed by atoms with van der Waals surface area (Å²) in [6, 6.07) is 33.6. The van der Waals surface area contributed by atoms with Gasteiger partial charge in [-0.15, -0.1) is 0 Å². The lowest BCUT2D eigenvalue weighted by molar-refractivity contribution is -0.125. The van der Waals surface area contributed by atoms with Crippen LogP contribution in [-0.2, 0) is 9.53 Å². The summed E-state index contributed by atoms with van der Waals surface area (Å²) in [5, 5.41) is 0. The minimum Gasteiger partial charge on any atom is -0.448 e. The molecule has 8 rings (SSSR count).